The van der Waals surface area contributed by atoms with E-state index in [0.717, 1.165) is 32.5 Å². The van der Waals surface area contributed by atoms with Gasteiger partial charge in [0.1, 0.15) is 18.7 Å². The zero-order valence-corrected chi connectivity index (χ0v) is 17.3. The molecule has 11 heteroatoms. The number of carbonyl (C=O) groups is 1. The standard InChI is InChI=1S/C21H23FN6O4/c22-17-13-16(20(28-10-12-30-21(28)29)32-19-5-11-31-24-19)1-2-18(17)26-7-3-15(4-8-26)14-27-9-6-23-25-27/h1-2,5-6,9,11,13,15,20H,3-4,7-8,10,12,14H2. The van der Waals surface area contributed by atoms with E-state index >= 15 is 4.39 Å². The highest BCUT2D eigenvalue weighted by atomic mass is 19.1. The summed E-state index contributed by atoms with van der Waals surface area (Å²) in [7, 11) is 0. The van der Waals surface area contributed by atoms with Crippen LogP contribution >= 0.6 is 0 Å². The lowest BCUT2D eigenvalue weighted by atomic mass is 9.96. The van der Waals surface area contributed by atoms with Crippen molar-refractivity contribution in [2.75, 3.05) is 31.1 Å². The normalized spacial score (nSPS) is 18.1. The van der Waals surface area contributed by atoms with Gasteiger partial charge in [-0.25, -0.2) is 9.18 Å². The third kappa shape index (κ3) is 4.23. The van der Waals surface area contributed by atoms with Gasteiger partial charge in [-0.2, -0.15) is 0 Å². The van der Waals surface area contributed by atoms with Crippen molar-refractivity contribution >= 4 is 11.8 Å². The van der Waals surface area contributed by atoms with Crippen molar-refractivity contribution in [3.8, 4) is 5.88 Å². The van der Waals surface area contributed by atoms with Gasteiger partial charge in [0.05, 0.1) is 18.4 Å². The molecule has 32 heavy (non-hydrogen) atoms. The Morgan fingerprint density at radius 2 is 2.09 bits per heavy atom. The predicted octanol–water partition coefficient (Wildman–Crippen LogP) is 2.85. The highest BCUT2D eigenvalue weighted by molar-refractivity contribution is 5.70. The van der Waals surface area contributed by atoms with E-state index in [1.54, 1.807) is 18.3 Å². The van der Waals surface area contributed by atoms with Crippen LogP contribution in [0.4, 0.5) is 14.9 Å². The number of anilines is 1. The van der Waals surface area contributed by atoms with Gasteiger partial charge in [0.2, 0.25) is 6.23 Å². The molecule has 168 valence electrons. The molecule has 4 heterocycles. The maximum absolute atomic E-state index is 15.2. The second-order valence-corrected chi connectivity index (χ2v) is 7.88. The minimum Gasteiger partial charge on any atom is -0.447 e. The molecule has 0 N–H and O–H groups in total. The minimum atomic E-state index is -0.868. The number of aromatic nitrogens is 4. The van der Waals surface area contributed by atoms with Gasteiger partial charge >= 0.3 is 6.09 Å². The lowest BCUT2D eigenvalue weighted by Gasteiger charge is -2.34. The molecule has 1 unspecified atom stereocenters. The molecule has 1 amide bonds. The van der Waals surface area contributed by atoms with E-state index in [4.69, 9.17) is 14.0 Å². The van der Waals surface area contributed by atoms with Crippen molar-refractivity contribution in [2.45, 2.75) is 25.6 Å². The van der Waals surface area contributed by atoms with Gasteiger partial charge in [-0.1, -0.05) is 11.3 Å². The fourth-order valence-electron chi connectivity index (χ4n) is 4.19. The zero-order valence-electron chi connectivity index (χ0n) is 17.3. The van der Waals surface area contributed by atoms with Crippen LogP contribution in [0.1, 0.15) is 24.6 Å². The summed E-state index contributed by atoms with van der Waals surface area (Å²) in [5, 5.41) is 11.6. The summed E-state index contributed by atoms with van der Waals surface area (Å²) in [4.78, 5) is 15.6. The number of hydrogen-bond acceptors (Lipinski definition) is 8. The summed E-state index contributed by atoms with van der Waals surface area (Å²) in [6.45, 7) is 2.92. The lowest BCUT2D eigenvalue weighted by molar-refractivity contribution is 0.0499. The number of hydrogen-bond donors (Lipinski definition) is 0. The first-order valence-corrected chi connectivity index (χ1v) is 10.6. The highest BCUT2D eigenvalue weighted by Crippen LogP contribution is 2.32. The first-order chi connectivity index (χ1) is 15.7. The van der Waals surface area contributed by atoms with Gasteiger partial charge in [0.25, 0.3) is 5.88 Å². The number of ether oxygens (including phenoxy) is 2. The molecule has 10 nitrogen and oxygen atoms in total. The monoisotopic (exact) mass is 442 g/mol. The molecule has 0 spiro atoms. The van der Waals surface area contributed by atoms with Crippen LogP contribution in [0.25, 0.3) is 0 Å². The van der Waals surface area contributed by atoms with Crippen molar-refractivity contribution in [3.05, 3.63) is 54.3 Å². The molecule has 0 radical (unpaired) electrons. The van der Waals surface area contributed by atoms with Crippen molar-refractivity contribution < 1.29 is 23.2 Å². The molecule has 0 aliphatic carbocycles. The Kier molecular flexibility index (Phi) is 5.61. The molecule has 1 atom stereocenters. The number of nitrogens with zero attached hydrogens (tertiary/aromatic N) is 6. The Bertz CT molecular complexity index is 1040. The molecule has 0 saturated carbocycles. The summed E-state index contributed by atoms with van der Waals surface area (Å²) in [6, 6.07) is 6.45. The van der Waals surface area contributed by atoms with E-state index in [9.17, 15) is 4.79 Å². The van der Waals surface area contributed by atoms with Crippen LogP contribution in [0, 0.1) is 11.7 Å². The smallest absolute Gasteiger partial charge is 0.413 e. The molecule has 1 aromatic carbocycles. The third-order valence-electron chi connectivity index (χ3n) is 5.85. The average Bonchev–Trinajstić information content (AvgIpc) is 3.57. The van der Waals surface area contributed by atoms with Crippen LogP contribution in [-0.4, -0.2) is 57.4 Å². The minimum absolute atomic E-state index is 0.202. The van der Waals surface area contributed by atoms with Crippen molar-refractivity contribution in [1.29, 1.82) is 0 Å². The van der Waals surface area contributed by atoms with E-state index in [2.05, 4.69) is 20.4 Å². The number of rotatable bonds is 7. The quantitative estimate of drug-likeness (QED) is 0.551. The second-order valence-electron chi connectivity index (χ2n) is 7.88. The van der Waals surface area contributed by atoms with E-state index in [1.807, 2.05) is 10.9 Å². The summed E-state index contributed by atoms with van der Waals surface area (Å²) in [5.41, 5.74) is 1.03. The molecule has 2 aromatic heterocycles. The number of benzene rings is 1. The number of piperidine rings is 1. The van der Waals surface area contributed by atoms with Gasteiger partial charge in [-0.3, -0.25) is 9.58 Å². The summed E-state index contributed by atoms with van der Waals surface area (Å²) in [6.07, 6.45) is 5.40. The van der Waals surface area contributed by atoms with E-state index in [1.165, 1.54) is 23.3 Å². The molecule has 2 aliphatic rings. The number of halogens is 1. The lowest BCUT2D eigenvalue weighted by Crippen LogP contribution is -2.36. The number of carbonyl (C=O) groups excluding carboxylic acids is 1. The highest BCUT2D eigenvalue weighted by Gasteiger charge is 2.34. The van der Waals surface area contributed by atoms with Gasteiger partial charge < -0.3 is 18.9 Å². The Balaban J connectivity index is 1.30. The second kappa shape index (κ2) is 8.85. The Hall–Kier alpha value is -3.63. The van der Waals surface area contributed by atoms with Crippen LogP contribution in [-0.2, 0) is 11.3 Å². The summed E-state index contributed by atoms with van der Waals surface area (Å²) < 4.78 is 32.7. The van der Waals surface area contributed by atoms with Gasteiger partial charge in [-0.05, 0) is 36.0 Å². The first kappa shape index (κ1) is 20.3. The van der Waals surface area contributed by atoms with Gasteiger partial charge in [0, 0.05) is 37.5 Å². The van der Waals surface area contributed by atoms with Crippen molar-refractivity contribution in [3.63, 3.8) is 0 Å². The average molecular weight is 442 g/mol. The van der Waals surface area contributed by atoms with Crippen molar-refractivity contribution in [1.82, 2.24) is 25.1 Å². The first-order valence-electron chi connectivity index (χ1n) is 10.6. The topological polar surface area (TPSA) is 98.8 Å². The van der Waals surface area contributed by atoms with E-state index < -0.39 is 12.3 Å². The maximum atomic E-state index is 15.2. The van der Waals surface area contributed by atoms with Crippen LogP contribution in [0.2, 0.25) is 0 Å². The number of amides is 1. The van der Waals surface area contributed by atoms with Gasteiger partial charge in [0.15, 0.2) is 0 Å². The van der Waals surface area contributed by atoms with Gasteiger partial charge in [-0.15, -0.1) is 5.10 Å². The molecular weight excluding hydrogens is 419 g/mol. The van der Waals surface area contributed by atoms with E-state index in [-0.39, 0.29) is 18.3 Å². The maximum Gasteiger partial charge on any atom is 0.413 e. The summed E-state index contributed by atoms with van der Waals surface area (Å²) >= 11 is 0. The predicted molar refractivity (Wildman–Crippen MR) is 109 cm³/mol. The van der Waals surface area contributed by atoms with Crippen molar-refractivity contribution in [2.24, 2.45) is 5.92 Å². The largest absolute Gasteiger partial charge is 0.447 e. The fourth-order valence-corrected chi connectivity index (χ4v) is 4.19. The molecule has 3 aromatic rings. The fraction of sp³-hybridized carbons (Fsp3) is 0.429. The third-order valence-corrected chi connectivity index (χ3v) is 5.85. The summed E-state index contributed by atoms with van der Waals surface area (Å²) in [5.74, 6) is 0.323. The van der Waals surface area contributed by atoms with Crippen LogP contribution in [0.15, 0.2) is 47.4 Å². The molecule has 0 bridgehead atoms. The van der Waals surface area contributed by atoms with Crippen LogP contribution in [0.3, 0.4) is 0 Å². The molecule has 2 aliphatic heterocycles. The molecule has 2 saturated heterocycles. The SMILES string of the molecule is O=C1OCCN1C(Oc1ccon1)c1ccc(N2CCC(Cn3ccnn3)CC2)c(F)c1. The number of cyclic esters (lactones) is 1. The van der Waals surface area contributed by atoms with E-state index in [0.29, 0.717) is 23.7 Å². The molecule has 5 rings (SSSR count). The molecular formula is C21H23FN6O4. The Morgan fingerprint density at radius 1 is 1.22 bits per heavy atom. The van der Waals surface area contributed by atoms with Crippen LogP contribution in [0.5, 0.6) is 5.88 Å². The van der Waals surface area contributed by atoms with Crippen LogP contribution < -0.4 is 9.64 Å². The Morgan fingerprint density at radius 3 is 2.75 bits per heavy atom. The zero-order chi connectivity index (χ0) is 21.9. The Labute approximate surface area is 183 Å². The molecule has 2 fully saturated rings.